The zero-order valence-corrected chi connectivity index (χ0v) is 12.6. The van der Waals surface area contributed by atoms with Crippen LogP contribution in [0.4, 0.5) is 0 Å². The van der Waals surface area contributed by atoms with Gasteiger partial charge in [0.05, 0.1) is 12.7 Å². The van der Waals surface area contributed by atoms with Crippen molar-refractivity contribution in [2.75, 3.05) is 6.61 Å². The molecule has 1 aromatic rings. The molecule has 110 valence electrons. The van der Waals surface area contributed by atoms with Crippen molar-refractivity contribution in [2.24, 2.45) is 17.8 Å². The van der Waals surface area contributed by atoms with E-state index >= 15 is 0 Å². The van der Waals surface area contributed by atoms with E-state index in [1.165, 1.54) is 24.8 Å². The molecule has 0 bridgehead atoms. The summed E-state index contributed by atoms with van der Waals surface area (Å²) >= 11 is 0. The summed E-state index contributed by atoms with van der Waals surface area (Å²) in [5.74, 6) is 3.22. The van der Waals surface area contributed by atoms with Crippen LogP contribution in [0.1, 0.15) is 51.0 Å². The molecule has 1 fully saturated rings. The molecule has 3 rings (SSSR count). The van der Waals surface area contributed by atoms with Gasteiger partial charge in [0.25, 0.3) is 0 Å². The van der Waals surface area contributed by atoms with E-state index in [0.717, 1.165) is 30.6 Å². The molecule has 20 heavy (non-hydrogen) atoms. The Balaban J connectivity index is 1.76. The molecule has 2 nitrogen and oxygen atoms in total. The van der Waals surface area contributed by atoms with Crippen LogP contribution in [-0.4, -0.2) is 17.8 Å². The van der Waals surface area contributed by atoms with Crippen LogP contribution in [-0.2, 0) is 0 Å². The maximum absolute atomic E-state index is 10.9. The van der Waals surface area contributed by atoms with E-state index in [0.29, 0.717) is 5.92 Å². The van der Waals surface area contributed by atoms with Gasteiger partial charge in [-0.1, -0.05) is 38.5 Å². The third-order valence-electron chi connectivity index (χ3n) is 5.54. The Bertz CT molecular complexity index is 456. The van der Waals surface area contributed by atoms with Crippen LogP contribution in [0.5, 0.6) is 5.75 Å². The van der Waals surface area contributed by atoms with Crippen molar-refractivity contribution in [3.8, 4) is 5.75 Å². The van der Waals surface area contributed by atoms with Crippen molar-refractivity contribution in [2.45, 2.75) is 51.6 Å². The second kappa shape index (κ2) is 5.77. The van der Waals surface area contributed by atoms with E-state index in [2.05, 4.69) is 26.0 Å². The lowest BCUT2D eigenvalue weighted by Crippen LogP contribution is -2.35. The maximum Gasteiger partial charge on any atom is 0.122 e. The minimum absolute atomic E-state index is 0.213. The van der Waals surface area contributed by atoms with Crippen LogP contribution < -0.4 is 4.74 Å². The SMILES string of the molecule is CC1CCC(C(O)C2CCOc3ccccc32)CC1C. The topological polar surface area (TPSA) is 29.5 Å². The first kappa shape index (κ1) is 13.9. The van der Waals surface area contributed by atoms with Crippen molar-refractivity contribution in [3.63, 3.8) is 0 Å². The first-order valence-electron chi connectivity index (χ1n) is 8.06. The quantitative estimate of drug-likeness (QED) is 0.883. The van der Waals surface area contributed by atoms with E-state index in [1.807, 2.05) is 12.1 Å². The fourth-order valence-corrected chi connectivity index (χ4v) is 3.95. The molecule has 0 aromatic heterocycles. The molecule has 0 spiro atoms. The van der Waals surface area contributed by atoms with Crippen molar-refractivity contribution < 1.29 is 9.84 Å². The summed E-state index contributed by atoms with van der Waals surface area (Å²) in [6.07, 6.45) is 4.33. The van der Waals surface area contributed by atoms with Crippen LogP contribution in [0.3, 0.4) is 0 Å². The molecule has 2 heteroatoms. The Morgan fingerprint density at radius 3 is 2.70 bits per heavy atom. The van der Waals surface area contributed by atoms with Crippen molar-refractivity contribution in [1.82, 2.24) is 0 Å². The summed E-state index contributed by atoms with van der Waals surface area (Å²) in [5, 5.41) is 10.9. The van der Waals surface area contributed by atoms with Gasteiger partial charge in [0, 0.05) is 5.92 Å². The predicted molar refractivity (Wildman–Crippen MR) is 81.0 cm³/mol. The minimum Gasteiger partial charge on any atom is -0.493 e. The second-order valence-corrected chi connectivity index (χ2v) is 6.80. The fourth-order valence-electron chi connectivity index (χ4n) is 3.95. The maximum atomic E-state index is 10.9. The highest BCUT2D eigenvalue weighted by Gasteiger charge is 2.36. The summed E-state index contributed by atoms with van der Waals surface area (Å²) in [4.78, 5) is 0. The van der Waals surface area contributed by atoms with Gasteiger partial charge in [0.1, 0.15) is 5.75 Å². The number of hydrogen-bond donors (Lipinski definition) is 1. The number of aliphatic hydroxyl groups excluding tert-OH is 1. The van der Waals surface area contributed by atoms with Gasteiger partial charge >= 0.3 is 0 Å². The lowest BCUT2D eigenvalue weighted by molar-refractivity contribution is 0.0264. The van der Waals surface area contributed by atoms with Crippen LogP contribution in [0, 0.1) is 17.8 Å². The van der Waals surface area contributed by atoms with Crippen molar-refractivity contribution in [1.29, 1.82) is 0 Å². The largest absolute Gasteiger partial charge is 0.493 e. The third kappa shape index (κ3) is 2.58. The van der Waals surface area contributed by atoms with Crippen LogP contribution in [0.2, 0.25) is 0 Å². The predicted octanol–water partition coefficient (Wildman–Crippen LogP) is 3.99. The average molecular weight is 274 g/mol. The van der Waals surface area contributed by atoms with Crippen LogP contribution >= 0.6 is 0 Å². The zero-order valence-electron chi connectivity index (χ0n) is 12.6. The van der Waals surface area contributed by atoms with Crippen LogP contribution in [0.25, 0.3) is 0 Å². The van der Waals surface area contributed by atoms with E-state index in [9.17, 15) is 5.11 Å². The highest BCUT2D eigenvalue weighted by Crippen LogP contribution is 2.42. The molecular weight excluding hydrogens is 248 g/mol. The third-order valence-corrected chi connectivity index (χ3v) is 5.54. The smallest absolute Gasteiger partial charge is 0.122 e. The highest BCUT2D eigenvalue weighted by molar-refractivity contribution is 5.38. The Hall–Kier alpha value is -1.02. The standard InChI is InChI=1S/C18H26O2/c1-12-7-8-14(11-13(12)2)18(19)16-9-10-20-17-6-4-3-5-15(16)17/h3-6,12-14,16,18-19H,7-11H2,1-2H3. The minimum atomic E-state index is -0.213. The van der Waals surface area contributed by atoms with Crippen molar-refractivity contribution >= 4 is 0 Å². The van der Waals surface area contributed by atoms with Gasteiger partial charge in [-0.3, -0.25) is 0 Å². The highest BCUT2D eigenvalue weighted by atomic mass is 16.5. The number of fused-ring (bicyclic) bond motifs is 1. The Morgan fingerprint density at radius 2 is 1.90 bits per heavy atom. The second-order valence-electron chi connectivity index (χ2n) is 6.80. The number of hydrogen-bond acceptors (Lipinski definition) is 2. The Labute approximate surface area is 122 Å². The normalized spacial score (nSPS) is 35.0. The molecule has 5 unspecified atom stereocenters. The summed E-state index contributed by atoms with van der Waals surface area (Å²) in [5.41, 5.74) is 1.21. The van der Waals surface area contributed by atoms with Gasteiger partial charge in [0.2, 0.25) is 0 Å². The molecule has 1 aliphatic heterocycles. The number of aliphatic hydroxyl groups is 1. The number of rotatable bonds is 2. The van der Waals surface area contributed by atoms with E-state index < -0.39 is 0 Å². The monoisotopic (exact) mass is 274 g/mol. The summed E-state index contributed by atoms with van der Waals surface area (Å²) in [6, 6.07) is 8.22. The molecular formula is C18H26O2. The van der Waals surface area contributed by atoms with Gasteiger partial charge in [-0.15, -0.1) is 0 Å². The molecule has 1 saturated carbocycles. The summed E-state index contributed by atoms with van der Waals surface area (Å²) < 4.78 is 5.72. The molecule has 1 aromatic carbocycles. The van der Waals surface area contributed by atoms with Gasteiger partial charge < -0.3 is 9.84 Å². The summed E-state index contributed by atoms with van der Waals surface area (Å²) in [6.45, 7) is 5.41. The number of para-hydroxylation sites is 1. The zero-order chi connectivity index (χ0) is 14.1. The van der Waals surface area contributed by atoms with Gasteiger partial charge in [0.15, 0.2) is 0 Å². The molecule has 5 atom stereocenters. The van der Waals surface area contributed by atoms with Gasteiger partial charge in [-0.25, -0.2) is 0 Å². The van der Waals surface area contributed by atoms with Gasteiger partial charge in [-0.05, 0) is 48.6 Å². The Morgan fingerprint density at radius 1 is 1.10 bits per heavy atom. The van der Waals surface area contributed by atoms with Crippen LogP contribution in [0.15, 0.2) is 24.3 Å². The lowest BCUT2D eigenvalue weighted by atomic mass is 9.70. The lowest BCUT2D eigenvalue weighted by Gasteiger charge is -2.39. The molecule has 0 amide bonds. The molecule has 0 saturated heterocycles. The first-order valence-corrected chi connectivity index (χ1v) is 8.06. The van der Waals surface area contributed by atoms with E-state index in [-0.39, 0.29) is 12.0 Å². The Kier molecular flexibility index (Phi) is 4.02. The molecule has 2 aliphatic rings. The van der Waals surface area contributed by atoms with Gasteiger partial charge in [-0.2, -0.15) is 0 Å². The average Bonchev–Trinajstić information content (AvgIpc) is 2.49. The molecule has 1 heterocycles. The van der Waals surface area contributed by atoms with E-state index in [4.69, 9.17) is 4.74 Å². The van der Waals surface area contributed by atoms with Crippen molar-refractivity contribution in [3.05, 3.63) is 29.8 Å². The number of benzene rings is 1. The molecule has 1 aliphatic carbocycles. The first-order chi connectivity index (χ1) is 9.66. The molecule has 0 radical (unpaired) electrons. The fraction of sp³-hybridized carbons (Fsp3) is 0.667. The van der Waals surface area contributed by atoms with E-state index in [1.54, 1.807) is 0 Å². The number of ether oxygens (including phenoxy) is 1. The summed E-state index contributed by atoms with van der Waals surface area (Å²) in [7, 11) is 0. The molecule has 1 N–H and O–H groups in total.